The molecule has 5 nitrogen and oxygen atoms in total. The van der Waals surface area contributed by atoms with Crippen molar-refractivity contribution in [2.24, 2.45) is 0 Å². The Balaban J connectivity index is 2.05. The lowest BCUT2D eigenvalue weighted by Gasteiger charge is -2.23. The molecule has 2 amide bonds. The Morgan fingerprint density at radius 3 is 2.95 bits per heavy atom. The van der Waals surface area contributed by atoms with Crippen LogP contribution in [0.1, 0.15) is 25.1 Å². The van der Waals surface area contributed by atoms with Gasteiger partial charge >= 0.3 is 0 Å². The Bertz CT molecular complexity index is 568. The van der Waals surface area contributed by atoms with Crippen molar-refractivity contribution < 1.29 is 9.59 Å². The SMILES string of the molecule is CC/C=C(/C)C(=O)N1CSC[C@@H]1C(=O)Nc1ncc(C)s1. The molecule has 1 aromatic rings. The minimum absolute atomic E-state index is 0.0580. The van der Waals surface area contributed by atoms with Crippen LogP contribution < -0.4 is 5.32 Å². The van der Waals surface area contributed by atoms with Gasteiger partial charge in [-0.2, -0.15) is 0 Å². The maximum Gasteiger partial charge on any atom is 0.250 e. The Morgan fingerprint density at radius 1 is 1.57 bits per heavy atom. The van der Waals surface area contributed by atoms with E-state index < -0.39 is 6.04 Å². The van der Waals surface area contributed by atoms with Crippen LogP contribution in [0.5, 0.6) is 0 Å². The van der Waals surface area contributed by atoms with E-state index in [1.807, 2.05) is 19.9 Å². The third kappa shape index (κ3) is 3.85. The summed E-state index contributed by atoms with van der Waals surface area (Å²) in [6, 6.07) is -0.424. The molecule has 0 spiro atoms. The first-order valence-electron chi connectivity index (χ1n) is 6.81. The first-order valence-corrected chi connectivity index (χ1v) is 8.78. The Kier molecular flexibility index (Phi) is 5.41. The molecule has 0 radical (unpaired) electrons. The van der Waals surface area contributed by atoms with Gasteiger partial charge in [0.15, 0.2) is 5.13 Å². The number of aryl methyl sites for hydroxylation is 1. The highest BCUT2D eigenvalue weighted by atomic mass is 32.2. The van der Waals surface area contributed by atoms with Crippen molar-refractivity contribution in [1.82, 2.24) is 9.88 Å². The zero-order valence-electron chi connectivity index (χ0n) is 12.4. The molecule has 1 atom stereocenters. The van der Waals surface area contributed by atoms with Crippen LogP contribution in [0.15, 0.2) is 17.8 Å². The standard InChI is InChI=1S/C14H19N3O2S2/c1-4-5-9(2)13(19)17-8-20-7-11(17)12(18)16-14-15-6-10(3)21-14/h5-6,11H,4,7-8H2,1-3H3,(H,15,16,18)/b9-5-/t11-/m1/s1. The molecule has 1 aliphatic rings. The molecule has 2 rings (SSSR count). The summed E-state index contributed by atoms with van der Waals surface area (Å²) in [5.74, 6) is 0.966. The van der Waals surface area contributed by atoms with Gasteiger partial charge in [-0.15, -0.1) is 23.1 Å². The molecular formula is C14H19N3O2S2. The number of anilines is 1. The normalized spacial score (nSPS) is 18.9. The van der Waals surface area contributed by atoms with E-state index in [1.165, 1.54) is 11.3 Å². The number of carbonyl (C=O) groups excluding carboxylic acids is 2. The number of nitrogens with one attached hydrogen (secondary N) is 1. The summed E-state index contributed by atoms with van der Waals surface area (Å²) in [5.41, 5.74) is 0.697. The molecule has 1 aliphatic heterocycles. The van der Waals surface area contributed by atoms with Crippen LogP contribution in [0.2, 0.25) is 0 Å². The number of hydrogen-bond donors (Lipinski definition) is 1. The zero-order chi connectivity index (χ0) is 15.4. The molecule has 0 aromatic carbocycles. The predicted molar refractivity (Wildman–Crippen MR) is 87.5 cm³/mol. The molecule has 21 heavy (non-hydrogen) atoms. The number of aromatic nitrogens is 1. The van der Waals surface area contributed by atoms with Crippen LogP contribution >= 0.6 is 23.1 Å². The van der Waals surface area contributed by atoms with Gasteiger partial charge in [0.2, 0.25) is 5.91 Å². The molecule has 0 bridgehead atoms. The summed E-state index contributed by atoms with van der Waals surface area (Å²) in [6.45, 7) is 5.73. The highest BCUT2D eigenvalue weighted by molar-refractivity contribution is 7.99. The minimum Gasteiger partial charge on any atom is -0.317 e. The molecule has 0 unspecified atom stereocenters. The van der Waals surface area contributed by atoms with Crippen molar-refractivity contribution in [3.63, 3.8) is 0 Å². The summed E-state index contributed by atoms with van der Waals surface area (Å²) < 4.78 is 0. The van der Waals surface area contributed by atoms with Crippen molar-refractivity contribution in [1.29, 1.82) is 0 Å². The molecule has 0 saturated carbocycles. The van der Waals surface area contributed by atoms with Crippen molar-refractivity contribution in [3.8, 4) is 0 Å². The number of thiazole rings is 1. The predicted octanol–water partition coefficient (Wildman–Crippen LogP) is 2.65. The highest BCUT2D eigenvalue weighted by Gasteiger charge is 2.35. The number of thioether (sulfide) groups is 1. The summed E-state index contributed by atoms with van der Waals surface area (Å²) in [6.07, 6.45) is 4.43. The average molecular weight is 325 g/mol. The zero-order valence-corrected chi connectivity index (χ0v) is 14.0. The van der Waals surface area contributed by atoms with Gasteiger partial charge in [-0.1, -0.05) is 13.0 Å². The number of allylic oxidation sites excluding steroid dienone is 1. The number of rotatable bonds is 4. The summed E-state index contributed by atoms with van der Waals surface area (Å²) in [5, 5.41) is 3.39. The number of carbonyl (C=O) groups is 2. The Morgan fingerprint density at radius 2 is 2.33 bits per heavy atom. The maximum atomic E-state index is 12.4. The van der Waals surface area contributed by atoms with Gasteiger partial charge < -0.3 is 10.2 Å². The third-order valence-corrected chi connectivity index (χ3v) is 4.99. The molecule has 114 valence electrons. The number of nitrogens with zero attached hydrogens (tertiary/aromatic N) is 2. The minimum atomic E-state index is -0.424. The topological polar surface area (TPSA) is 62.3 Å². The fraction of sp³-hybridized carbons (Fsp3) is 0.500. The lowest BCUT2D eigenvalue weighted by Crippen LogP contribution is -2.44. The molecule has 2 heterocycles. The molecule has 1 N–H and O–H groups in total. The van der Waals surface area contributed by atoms with Crippen LogP contribution in [0.4, 0.5) is 5.13 Å². The molecule has 7 heteroatoms. The third-order valence-electron chi connectivity index (χ3n) is 3.14. The number of hydrogen-bond acceptors (Lipinski definition) is 5. The Labute approximate surface area is 132 Å². The first-order chi connectivity index (χ1) is 10.0. The van der Waals surface area contributed by atoms with Crippen LogP contribution in [0.25, 0.3) is 0 Å². The van der Waals surface area contributed by atoms with Gasteiger partial charge in [0, 0.05) is 22.4 Å². The van der Waals surface area contributed by atoms with Gasteiger partial charge in [0.05, 0.1) is 5.88 Å². The van der Waals surface area contributed by atoms with Gasteiger partial charge in [-0.3, -0.25) is 9.59 Å². The van der Waals surface area contributed by atoms with Gasteiger partial charge in [-0.05, 0) is 20.3 Å². The van der Waals surface area contributed by atoms with Crippen molar-refractivity contribution in [2.75, 3.05) is 16.9 Å². The lowest BCUT2D eigenvalue weighted by molar-refractivity contribution is -0.133. The molecule has 1 fully saturated rings. The Hall–Kier alpha value is -1.34. The van der Waals surface area contributed by atoms with E-state index >= 15 is 0 Å². The average Bonchev–Trinajstić information content (AvgIpc) is 3.07. The smallest absolute Gasteiger partial charge is 0.250 e. The molecule has 1 saturated heterocycles. The fourth-order valence-electron chi connectivity index (χ4n) is 2.08. The first kappa shape index (κ1) is 16.0. The number of amides is 2. The van der Waals surface area contributed by atoms with Crippen molar-refractivity contribution in [2.45, 2.75) is 33.2 Å². The van der Waals surface area contributed by atoms with Gasteiger partial charge in [0.25, 0.3) is 5.91 Å². The second kappa shape index (κ2) is 7.09. The summed E-state index contributed by atoms with van der Waals surface area (Å²) in [4.78, 5) is 31.5. The summed E-state index contributed by atoms with van der Waals surface area (Å²) >= 11 is 3.03. The van der Waals surface area contributed by atoms with E-state index in [0.29, 0.717) is 22.3 Å². The van der Waals surface area contributed by atoms with E-state index in [-0.39, 0.29) is 11.8 Å². The summed E-state index contributed by atoms with van der Waals surface area (Å²) in [7, 11) is 0. The highest BCUT2D eigenvalue weighted by Crippen LogP contribution is 2.25. The molecule has 1 aromatic heterocycles. The van der Waals surface area contributed by atoms with Crippen molar-refractivity contribution >= 4 is 40.0 Å². The second-order valence-corrected chi connectivity index (χ2v) is 7.09. The quantitative estimate of drug-likeness (QED) is 0.865. The largest absolute Gasteiger partial charge is 0.317 e. The van der Waals surface area contributed by atoms with Gasteiger partial charge in [-0.25, -0.2) is 4.98 Å². The second-order valence-electron chi connectivity index (χ2n) is 4.85. The van der Waals surface area contributed by atoms with Gasteiger partial charge in [0.1, 0.15) is 6.04 Å². The van der Waals surface area contributed by atoms with Crippen molar-refractivity contribution in [3.05, 3.63) is 22.7 Å². The monoisotopic (exact) mass is 325 g/mol. The van der Waals surface area contributed by atoms with Crippen LogP contribution in [0, 0.1) is 6.92 Å². The van der Waals surface area contributed by atoms with E-state index in [0.717, 1.165) is 11.3 Å². The molecular weight excluding hydrogens is 306 g/mol. The van der Waals surface area contributed by atoms with E-state index in [4.69, 9.17) is 0 Å². The van der Waals surface area contributed by atoms with Crippen LogP contribution in [0.3, 0.4) is 0 Å². The van der Waals surface area contributed by atoms with Crippen LogP contribution in [-0.2, 0) is 9.59 Å². The maximum absolute atomic E-state index is 12.4. The van der Waals surface area contributed by atoms with E-state index in [9.17, 15) is 9.59 Å². The molecule has 0 aliphatic carbocycles. The van der Waals surface area contributed by atoms with E-state index in [2.05, 4.69) is 10.3 Å². The van der Waals surface area contributed by atoms with Crippen LogP contribution in [-0.4, -0.2) is 39.4 Å². The van der Waals surface area contributed by atoms with E-state index in [1.54, 1.807) is 29.8 Å². The fourth-order valence-corrected chi connectivity index (χ4v) is 3.90. The lowest BCUT2D eigenvalue weighted by atomic mass is 10.2.